The zero-order chi connectivity index (χ0) is 2.71. The van der Waals surface area contributed by atoms with Gasteiger partial charge in [-0.15, -0.1) is 0 Å². The molecule has 0 nitrogen and oxygen atoms in total. The molecule has 0 aromatic carbocycles. The van der Waals surface area contributed by atoms with Crippen LogP contribution >= 0.6 is 12.2 Å². The maximum absolute atomic E-state index is 4.41. The van der Waals surface area contributed by atoms with Gasteiger partial charge in [-0.3, -0.25) is 5.02 Å². The fourth-order valence-electron chi connectivity index (χ4n) is 0. The van der Waals surface area contributed by atoms with Crippen molar-refractivity contribution in [3.8, 4) is 0 Å². The first-order chi connectivity index (χ1) is 1.41. The minimum atomic E-state index is 0. The van der Waals surface area contributed by atoms with Gasteiger partial charge in [0, 0.05) is 37.1 Å². The molecule has 0 fully saturated rings. The SMILES string of the molecule is [CH-]=C=S.[V].[V]. The number of hydrogen-bond acceptors (Lipinski definition) is 1. The van der Waals surface area contributed by atoms with Gasteiger partial charge in [0.15, 0.2) is 0 Å². The standard InChI is InChI=1S/C2HS.2V/c1-2-3;;/h1H;;/q-1;;. The minimum Gasteiger partial charge on any atom is -0.453 e. The first-order valence-corrected chi connectivity index (χ1v) is 0.901. The van der Waals surface area contributed by atoms with E-state index in [1.54, 1.807) is 0 Å². The van der Waals surface area contributed by atoms with E-state index in [0.717, 1.165) is 0 Å². The molecule has 3 heteroatoms. The summed E-state index contributed by atoms with van der Waals surface area (Å²) in [5.41, 5.74) is 0. The average molecular weight is 159 g/mol. The van der Waals surface area contributed by atoms with Gasteiger partial charge in [0.25, 0.3) is 0 Å². The average Bonchev–Trinajstić information content (AvgIpc) is 0.918. The summed E-state index contributed by atoms with van der Waals surface area (Å²) in [5, 5.41) is 1.83. The summed E-state index contributed by atoms with van der Waals surface area (Å²) in [5.74, 6) is 0. The Hall–Kier alpha value is 1.04. The van der Waals surface area contributed by atoms with E-state index in [9.17, 15) is 0 Å². The number of rotatable bonds is 0. The van der Waals surface area contributed by atoms with E-state index in [2.05, 4.69) is 18.8 Å². The molecule has 0 amide bonds. The third-order valence-corrected chi connectivity index (χ3v) is 0. The van der Waals surface area contributed by atoms with Crippen molar-refractivity contribution >= 4 is 17.2 Å². The van der Waals surface area contributed by atoms with Crippen molar-refractivity contribution in [3.63, 3.8) is 0 Å². The molecule has 26 valence electrons. The maximum Gasteiger partial charge on any atom is 0 e. The van der Waals surface area contributed by atoms with Crippen molar-refractivity contribution in [3.05, 3.63) is 6.58 Å². The largest absolute Gasteiger partial charge is 0.453 e. The van der Waals surface area contributed by atoms with E-state index in [4.69, 9.17) is 0 Å². The second-order valence-corrected chi connectivity index (χ2v) is 0.354. The van der Waals surface area contributed by atoms with Crippen LogP contribution in [-0.2, 0) is 37.1 Å². The first-order valence-electron chi connectivity index (χ1n) is 0.493. The smallest absolute Gasteiger partial charge is 0 e. The third-order valence-electron chi connectivity index (χ3n) is 0. The summed E-state index contributed by atoms with van der Waals surface area (Å²) in [7, 11) is 0. The fourth-order valence-corrected chi connectivity index (χ4v) is 0. The van der Waals surface area contributed by atoms with Crippen molar-refractivity contribution in [1.82, 2.24) is 0 Å². The van der Waals surface area contributed by atoms with Gasteiger partial charge in [-0.25, -0.2) is 0 Å². The summed E-state index contributed by atoms with van der Waals surface area (Å²) < 4.78 is 0. The molecule has 0 atom stereocenters. The molecular formula is C2HSV2-. The Bertz CT molecular complexity index is 28.6. The van der Waals surface area contributed by atoms with Gasteiger partial charge in [0.1, 0.15) is 0 Å². The van der Waals surface area contributed by atoms with Crippen LogP contribution < -0.4 is 0 Å². The molecule has 0 N–H and O–H groups in total. The summed E-state index contributed by atoms with van der Waals surface area (Å²) in [4.78, 5) is 0. The van der Waals surface area contributed by atoms with E-state index in [-0.39, 0.29) is 37.1 Å². The third kappa shape index (κ3) is 43.1. The predicted octanol–water partition coefficient (Wildman–Crippen LogP) is 0.569. The second kappa shape index (κ2) is 19.8. The molecule has 0 aliphatic carbocycles. The zero-order valence-corrected chi connectivity index (χ0v) is 5.99. The fraction of sp³-hybridized carbons (Fsp3) is 0. The number of hydrogen-bond donors (Lipinski definition) is 0. The molecule has 0 spiro atoms. The van der Waals surface area contributed by atoms with Crippen LogP contribution in [-0.4, -0.2) is 5.02 Å². The van der Waals surface area contributed by atoms with Gasteiger partial charge in [0.2, 0.25) is 0 Å². The van der Waals surface area contributed by atoms with Crippen LogP contribution in [0.4, 0.5) is 0 Å². The zero-order valence-electron chi connectivity index (χ0n) is 2.38. The summed E-state index contributed by atoms with van der Waals surface area (Å²) in [6.45, 7) is 4.41. The van der Waals surface area contributed by atoms with E-state index in [1.807, 2.05) is 5.02 Å². The maximum atomic E-state index is 4.41. The van der Waals surface area contributed by atoms with Crippen molar-refractivity contribution in [2.24, 2.45) is 0 Å². The molecule has 2 radical (unpaired) electrons. The Morgan fingerprint density at radius 2 is 1.40 bits per heavy atom. The van der Waals surface area contributed by atoms with E-state index in [1.165, 1.54) is 0 Å². The van der Waals surface area contributed by atoms with Crippen molar-refractivity contribution in [2.75, 3.05) is 0 Å². The monoisotopic (exact) mass is 159 g/mol. The van der Waals surface area contributed by atoms with Crippen molar-refractivity contribution < 1.29 is 37.1 Å². The van der Waals surface area contributed by atoms with Gasteiger partial charge >= 0.3 is 0 Å². The van der Waals surface area contributed by atoms with Crippen LogP contribution in [0, 0.1) is 6.58 Å². The second-order valence-electron chi connectivity index (χ2n) is 0.118. The van der Waals surface area contributed by atoms with Gasteiger partial charge in [0.05, 0.1) is 0 Å². The first kappa shape index (κ1) is 16.6. The minimum absolute atomic E-state index is 0. The van der Waals surface area contributed by atoms with E-state index >= 15 is 0 Å². The van der Waals surface area contributed by atoms with E-state index < -0.39 is 0 Å². The Morgan fingerprint density at radius 3 is 1.40 bits per heavy atom. The molecule has 5 heavy (non-hydrogen) atoms. The van der Waals surface area contributed by atoms with Crippen LogP contribution in [0.25, 0.3) is 0 Å². The summed E-state index contributed by atoms with van der Waals surface area (Å²) in [6, 6.07) is 0. The molecule has 0 aliphatic heterocycles. The molecule has 0 aliphatic rings. The van der Waals surface area contributed by atoms with Gasteiger partial charge in [-0.05, 0) is 0 Å². The van der Waals surface area contributed by atoms with Crippen LogP contribution in [0.15, 0.2) is 0 Å². The molecule has 0 unspecified atom stereocenters. The predicted molar refractivity (Wildman–Crippen MR) is 16.9 cm³/mol. The molecule has 0 saturated heterocycles. The Balaban J connectivity index is -0.0000000200. The van der Waals surface area contributed by atoms with Gasteiger partial charge in [-0.1, -0.05) is 12.2 Å². The summed E-state index contributed by atoms with van der Waals surface area (Å²) >= 11 is 3.92. The molecule has 0 bridgehead atoms. The molecule has 0 saturated carbocycles. The number of thiocarbonyl (C=S) groups is 1. The Labute approximate surface area is 60.8 Å². The van der Waals surface area contributed by atoms with Gasteiger partial charge < -0.3 is 6.58 Å². The molecule has 0 rings (SSSR count). The van der Waals surface area contributed by atoms with Crippen LogP contribution in [0.1, 0.15) is 0 Å². The Kier molecular flexibility index (Phi) is 65.7. The van der Waals surface area contributed by atoms with Crippen molar-refractivity contribution in [2.45, 2.75) is 0 Å². The molecule has 0 heterocycles. The van der Waals surface area contributed by atoms with Crippen molar-refractivity contribution in [1.29, 1.82) is 0 Å². The van der Waals surface area contributed by atoms with Crippen LogP contribution in [0.5, 0.6) is 0 Å². The van der Waals surface area contributed by atoms with Crippen LogP contribution in [0.3, 0.4) is 0 Å². The Morgan fingerprint density at radius 1 is 1.40 bits per heavy atom. The van der Waals surface area contributed by atoms with Crippen LogP contribution in [0.2, 0.25) is 0 Å². The molecule has 0 aromatic rings. The normalized spacial score (nSPS) is 1.60. The molecular weight excluding hydrogens is 158 g/mol. The van der Waals surface area contributed by atoms with Gasteiger partial charge in [-0.2, -0.15) is 0 Å². The van der Waals surface area contributed by atoms with E-state index in [0.29, 0.717) is 0 Å². The topological polar surface area (TPSA) is 0 Å². The molecule has 0 aromatic heterocycles. The summed E-state index contributed by atoms with van der Waals surface area (Å²) in [6.07, 6.45) is 0. The quantitative estimate of drug-likeness (QED) is 0.367.